The van der Waals surface area contributed by atoms with Crippen molar-refractivity contribution in [3.8, 4) is 0 Å². The lowest BCUT2D eigenvalue weighted by molar-refractivity contribution is -0.143. The van der Waals surface area contributed by atoms with Crippen molar-refractivity contribution in [2.45, 2.75) is 0 Å². The number of benzene rings is 2. The maximum atomic E-state index is 13.5. The number of aromatic nitrogens is 1. The topological polar surface area (TPSA) is 97.4 Å². The number of carbonyl (C=O) groups excluding carboxylic acids is 3. The summed E-state index contributed by atoms with van der Waals surface area (Å²) in [5.74, 6) is -2.26. The van der Waals surface area contributed by atoms with E-state index in [9.17, 15) is 18.8 Å². The maximum Gasteiger partial charge on any atom is 0.331 e. The van der Waals surface area contributed by atoms with Crippen molar-refractivity contribution in [3.05, 3.63) is 78.3 Å². The molecule has 0 saturated heterocycles. The van der Waals surface area contributed by atoms with Gasteiger partial charge in [-0.1, -0.05) is 36.4 Å². The van der Waals surface area contributed by atoms with Gasteiger partial charge in [0.05, 0.1) is 11.2 Å². The number of pyridine rings is 1. The van der Waals surface area contributed by atoms with Crippen molar-refractivity contribution in [1.82, 2.24) is 10.3 Å². The molecule has 8 heteroatoms. The van der Waals surface area contributed by atoms with E-state index in [0.29, 0.717) is 5.56 Å². The molecule has 0 saturated carbocycles. The number of fused-ring (bicyclic) bond motifs is 1. The summed E-state index contributed by atoms with van der Waals surface area (Å²) in [6.45, 7) is -0.665. The van der Waals surface area contributed by atoms with Crippen molar-refractivity contribution in [3.63, 3.8) is 0 Å². The van der Waals surface area contributed by atoms with Crippen LogP contribution in [0.1, 0.15) is 5.56 Å². The Kier molecular flexibility index (Phi) is 6.26. The van der Waals surface area contributed by atoms with Gasteiger partial charge in [-0.25, -0.2) is 14.0 Å². The molecule has 0 fully saturated rings. The molecule has 0 aliphatic heterocycles. The standard InChI is InChI=1S/C21H16FN3O4/c22-16-8-1-2-9-17(16)24-21(28)25-18(26)13-29-19(27)11-10-15-6-3-5-14-7-4-12-23-20(14)15/h1-12H,13H2,(H2,24,25,26,28). The van der Waals surface area contributed by atoms with Crippen LogP contribution in [0.5, 0.6) is 0 Å². The summed E-state index contributed by atoms with van der Waals surface area (Å²) in [7, 11) is 0. The van der Waals surface area contributed by atoms with Crippen LogP contribution in [0.3, 0.4) is 0 Å². The van der Waals surface area contributed by atoms with Crippen LogP contribution in [-0.2, 0) is 14.3 Å². The number of carbonyl (C=O) groups is 3. The second kappa shape index (κ2) is 9.23. The van der Waals surface area contributed by atoms with Gasteiger partial charge in [0.2, 0.25) is 0 Å². The molecule has 7 nitrogen and oxygen atoms in total. The zero-order valence-electron chi connectivity index (χ0n) is 15.1. The summed E-state index contributed by atoms with van der Waals surface area (Å²) in [5.41, 5.74) is 1.36. The van der Waals surface area contributed by atoms with Gasteiger partial charge >= 0.3 is 12.0 Å². The molecule has 1 heterocycles. The molecule has 0 atom stereocenters. The first kappa shape index (κ1) is 19.7. The normalized spacial score (nSPS) is 10.7. The molecule has 1 aromatic heterocycles. The zero-order chi connectivity index (χ0) is 20.6. The predicted molar refractivity (Wildman–Crippen MR) is 105 cm³/mol. The Labute approximate surface area is 165 Å². The lowest BCUT2D eigenvalue weighted by atomic mass is 10.1. The van der Waals surface area contributed by atoms with E-state index in [1.807, 2.05) is 29.6 Å². The quantitative estimate of drug-likeness (QED) is 0.512. The average molecular weight is 393 g/mol. The zero-order valence-corrected chi connectivity index (χ0v) is 15.1. The molecule has 0 aliphatic rings. The predicted octanol–water partition coefficient (Wildman–Crippen LogP) is 3.28. The largest absolute Gasteiger partial charge is 0.452 e. The number of hydrogen-bond donors (Lipinski definition) is 2. The number of para-hydroxylation sites is 2. The molecule has 0 unspecified atom stereocenters. The van der Waals surface area contributed by atoms with Crippen molar-refractivity contribution >= 4 is 40.6 Å². The fourth-order valence-electron chi connectivity index (χ4n) is 2.48. The number of ether oxygens (including phenoxy) is 1. The molecule has 29 heavy (non-hydrogen) atoms. The van der Waals surface area contributed by atoms with Gasteiger partial charge in [-0.2, -0.15) is 0 Å². The van der Waals surface area contributed by atoms with Gasteiger partial charge in [0.25, 0.3) is 5.91 Å². The summed E-state index contributed by atoms with van der Waals surface area (Å²) in [4.78, 5) is 39.5. The number of halogens is 1. The summed E-state index contributed by atoms with van der Waals surface area (Å²) in [5, 5.41) is 5.05. The molecule has 0 bridgehead atoms. The smallest absolute Gasteiger partial charge is 0.331 e. The van der Waals surface area contributed by atoms with Crippen LogP contribution >= 0.6 is 0 Å². The first-order valence-corrected chi connectivity index (χ1v) is 8.57. The van der Waals surface area contributed by atoms with Crippen LogP contribution in [0.15, 0.2) is 66.9 Å². The van der Waals surface area contributed by atoms with Gasteiger partial charge in [-0.05, 0) is 24.3 Å². The number of amides is 3. The molecular weight excluding hydrogens is 377 g/mol. The van der Waals surface area contributed by atoms with Crippen LogP contribution in [0.25, 0.3) is 17.0 Å². The van der Waals surface area contributed by atoms with Crippen molar-refractivity contribution in [2.75, 3.05) is 11.9 Å². The van der Waals surface area contributed by atoms with E-state index in [-0.39, 0.29) is 5.69 Å². The average Bonchev–Trinajstić information content (AvgIpc) is 2.72. The third kappa shape index (κ3) is 5.46. The maximum absolute atomic E-state index is 13.5. The number of urea groups is 1. The number of anilines is 1. The third-order valence-corrected chi connectivity index (χ3v) is 3.78. The third-order valence-electron chi connectivity index (χ3n) is 3.78. The number of imide groups is 1. The fraction of sp³-hybridized carbons (Fsp3) is 0.0476. The molecular formula is C21H16FN3O4. The van der Waals surface area contributed by atoms with Crippen LogP contribution in [0.2, 0.25) is 0 Å². The number of esters is 1. The molecule has 146 valence electrons. The van der Waals surface area contributed by atoms with Crippen molar-refractivity contribution in [2.24, 2.45) is 0 Å². The van der Waals surface area contributed by atoms with E-state index in [0.717, 1.165) is 23.0 Å². The highest BCUT2D eigenvalue weighted by molar-refractivity contribution is 6.02. The number of hydrogen-bond acceptors (Lipinski definition) is 5. The van der Waals surface area contributed by atoms with Gasteiger partial charge in [0.1, 0.15) is 5.82 Å². The minimum atomic E-state index is -0.937. The van der Waals surface area contributed by atoms with E-state index >= 15 is 0 Å². The molecule has 3 amide bonds. The minimum absolute atomic E-state index is 0.0820. The minimum Gasteiger partial charge on any atom is -0.452 e. The second-order valence-corrected chi connectivity index (χ2v) is 5.85. The Morgan fingerprint density at radius 1 is 1.03 bits per heavy atom. The summed E-state index contributed by atoms with van der Waals surface area (Å²) < 4.78 is 18.3. The van der Waals surface area contributed by atoms with Gasteiger partial charge in [0, 0.05) is 23.2 Å². The Morgan fingerprint density at radius 2 is 1.83 bits per heavy atom. The number of nitrogens with one attached hydrogen (secondary N) is 2. The summed E-state index contributed by atoms with van der Waals surface area (Å²) in [6, 6.07) is 13.8. The number of nitrogens with zero attached hydrogens (tertiary/aromatic N) is 1. The van der Waals surface area contributed by atoms with Gasteiger partial charge < -0.3 is 10.1 Å². The van der Waals surface area contributed by atoms with Gasteiger partial charge in [0.15, 0.2) is 6.61 Å². The Morgan fingerprint density at radius 3 is 2.66 bits per heavy atom. The van der Waals surface area contributed by atoms with Crippen molar-refractivity contribution in [1.29, 1.82) is 0 Å². The molecule has 2 aromatic carbocycles. The molecule has 0 aliphatic carbocycles. The van der Waals surface area contributed by atoms with Crippen LogP contribution in [0.4, 0.5) is 14.9 Å². The Balaban J connectivity index is 1.50. The fourth-order valence-corrected chi connectivity index (χ4v) is 2.48. The molecule has 3 aromatic rings. The Hall–Kier alpha value is -4.07. The highest BCUT2D eigenvalue weighted by Gasteiger charge is 2.11. The van der Waals surface area contributed by atoms with Gasteiger partial charge in [-0.15, -0.1) is 0 Å². The Bertz CT molecular complexity index is 1090. The van der Waals surface area contributed by atoms with E-state index in [1.54, 1.807) is 12.3 Å². The van der Waals surface area contributed by atoms with Crippen LogP contribution < -0.4 is 10.6 Å². The van der Waals surface area contributed by atoms with E-state index < -0.39 is 30.3 Å². The monoisotopic (exact) mass is 393 g/mol. The lowest BCUT2D eigenvalue weighted by Crippen LogP contribution is -2.37. The summed E-state index contributed by atoms with van der Waals surface area (Å²) >= 11 is 0. The molecule has 3 rings (SSSR count). The lowest BCUT2D eigenvalue weighted by Gasteiger charge is -2.07. The highest BCUT2D eigenvalue weighted by Crippen LogP contribution is 2.17. The SMILES string of the molecule is O=C(COC(=O)C=Cc1cccc2cccnc12)NC(=O)Nc1ccccc1F. The number of rotatable bonds is 5. The van der Waals surface area contributed by atoms with E-state index in [4.69, 9.17) is 4.74 Å². The van der Waals surface area contributed by atoms with Crippen molar-refractivity contribution < 1.29 is 23.5 Å². The van der Waals surface area contributed by atoms with Crippen LogP contribution in [-0.4, -0.2) is 29.5 Å². The molecule has 2 N–H and O–H groups in total. The second-order valence-electron chi connectivity index (χ2n) is 5.85. The molecule has 0 spiro atoms. The van der Waals surface area contributed by atoms with E-state index in [2.05, 4.69) is 10.3 Å². The van der Waals surface area contributed by atoms with E-state index in [1.165, 1.54) is 24.3 Å². The highest BCUT2D eigenvalue weighted by atomic mass is 19.1. The van der Waals surface area contributed by atoms with Crippen LogP contribution in [0, 0.1) is 5.82 Å². The first-order chi connectivity index (χ1) is 14.0. The molecule has 0 radical (unpaired) electrons. The van der Waals surface area contributed by atoms with Gasteiger partial charge in [-0.3, -0.25) is 15.1 Å². The first-order valence-electron chi connectivity index (χ1n) is 8.57. The summed E-state index contributed by atoms with van der Waals surface area (Å²) in [6.07, 6.45) is 4.34.